The van der Waals surface area contributed by atoms with Gasteiger partial charge >= 0.3 is 0 Å². The number of hydrogen-bond acceptors (Lipinski definition) is 4. The van der Waals surface area contributed by atoms with Gasteiger partial charge in [0.2, 0.25) is 5.91 Å². The number of likely N-dealkylation sites (tertiary alicyclic amines) is 1. The predicted octanol–water partition coefficient (Wildman–Crippen LogP) is -0.707. The third kappa shape index (κ3) is 1.83. The molecule has 8 nitrogen and oxygen atoms in total. The van der Waals surface area contributed by atoms with E-state index >= 15 is 0 Å². The van der Waals surface area contributed by atoms with Gasteiger partial charge in [-0.05, 0) is 6.92 Å². The molecule has 0 aromatic carbocycles. The summed E-state index contributed by atoms with van der Waals surface area (Å²) in [5, 5.41) is 6.99. The van der Waals surface area contributed by atoms with Crippen LogP contribution in [-0.4, -0.2) is 50.9 Å². The summed E-state index contributed by atoms with van der Waals surface area (Å²) >= 11 is 0. The van der Waals surface area contributed by atoms with E-state index in [1.54, 1.807) is 11.0 Å². The zero-order chi connectivity index (χ0) is 15.5. The normalized spacial score (nSPS) is 19.5. The van der Waals surface area contributed by atoms with Gasteiger partial charge in [0.25, 0.3) is 11.5 Å². The van der Waals surface area contributed by atoms with Gasteiger partial charge in [0, 0.05) is 43.7 Å². The summed E-state index contributed by atoms with van der Waals surface area (Å²) in [5.41, 5.74) is 0.830. The third-order valence-corrected chi connectivity index (χ3v) is 4.36. The lowest BCUT2D eigenvalue weighted by Crippen LogP contribution is -2.59. The number of aryl methyl sites for hydroxylation is 1. The van der Waals surface area contributed by atoms with Crippen LogP contribution in [0.3, 0.4) is 0 Å². The number of rotatable bonds is 1. The molecular weight excluding hydrogens is 286 g/mol. The van der Waals surface area contributed by atoms with Crippen molar-refractivity contribution in [3.05, 3.63) is 33.9 Å². The molecule has 1 spiro atoms. The van der Waals surface area contributed by atoms with Crippen LogP contribution in [0.15, 0.2) is 17.1 Å². The van der Waals surface area contributed by atoms with Gasteiger partial charge in [-0.15, -0.1) is 0 Å². The second-order valence-electron chi connectivity index (χ2n) is 6.23. The average molecular weight is 301 g/mol. The maximum atomic E-state index is 12.5. The van der Waals surface area contributed by atoms with Gasteiger partial charge in [-0.25, -0.2) is 4.52 Å². The highest BCUT2D eigenvalue weighted by atomic mass is 16.2. The summed E-state index contributed by atoms with van der Waals surface area (Å²) in [4.78, 5) is 40.1. The van der Waals surface area contributed by atoms with Crippen molar-refractivity contribution >= 4 is 17.5 Å². The maximum Gasteiger partial charge on any atom is 0.264 e. The molecule has 2 N–H and O–H groups in total. The highest BCUT2D eigenvalue weighted by Crippen LogP contribution is 2.37. The van der Waals surface area contributed by atoms with Gasteiger partial charge in [-0.1, -0.05) is 0 Å². The van der Waals surface area contributed by atoms with Gasteiger partial charge in [0.15, 0.2) is 0 Å². The van der Waals surface area contributed by atoms with Crippen LogP contribution >= 0.6 is 0 Å². The molecule has 2 aliphatic rings. The first-order valence-corrected chi connectivity index (χ1v) is 7.11. The molecule has 0 saturated carbocycles. The van der Waals surface area contributed by atoms with Crippen LogP contribution in [-0.2, 0) is 4.79 Å². The fourth-order valence-corrected chi connectivity index (χ4v) is 3.28. The molecule has 114 valence electrons. The minimum absolute atomic E-state index is 0.0263. The Morgan fingerprint density at radius 2 is 2.14 bits per heavy atom. The molecule has 2 aromatic heterocycles. The number of nitrogens with zero attached hydrogens (tertiary/aromatic N) is 3. The quantitative estimate of drug-likeness (QED) is 0.727. The van der Waals surface area contributed by atoms with E-state index in [1.165, 1.54) is 10.7 Å². The molecule has 0 radical (unpaired) electrons. The third-order valence-electron chi connectivity index (χ3n) is 4.36. The summed E-state index contributed by atoms with van der Waals surface area (Å²) in [6.45, 7) is 3.42. The summed E-state index contributed by atoms with van der Waals surface area (Å²) in [7, 11) is 0. The number of amides is 2. The highest BCUT2D eigenvalue weighted by Gasteiger charge is 2.50. The van der Waals surface area contributed by atoms with E-state index < -0.39 is 5.56 Å². The Balaban J connectivity index is 1.60. The Bertz CT molecular complexity index is 859. The molecule has 0 bridgehead atoms. The van der Waals surface area contributed by atoms with E-state index in [0.29, 0.717) is 31.7 Å². The number of hydrogen-bond donors (Lipinski definition) is 2. The fraction of sp³-hybridized carbons (Fsp3) is 0.429. The zero-order valence-electron chi connectivity index (χ0n) is 12.0. The largest absolute Gasteiger partial charge is 0.355 e. The molecule has 2 aliphatic heterocycles. The molecule has 0 aliphatic carbocycles. The van der Waals surface area contributed by atoms with Crippen LogP contribution in [0.1, 0.15) is 22.5 Å². The van der Waals surface area contributed by atoms with Crippen LogP contribution in [0.5, 0.6) is 0 Å². The summed E-state index contributed by atoms with van der Waals surface area (Å²) in [6, 6.07) is 1.74. The van der Waals surface area contributed by atoms with Crippen molar-refractivity contribution in [2.75, 3.05) is 19.6 Å². The lowest BCUT2D eigenvalue weighted by molar-refractivity contribution is -0.120. The minimum atomic E-state index is -0.418. The Morgan fingerprint density at radius 3 is 2.82 bits per heavy atom. The zero-order valence-corrected chi connectivity index (χ0v) is 12.0. The first-order chi connectivity index (χ1) is 10.5. The number of aromatic amines is 1. The number of aromatic nitrogens is 3. The monoisotopic (exact) mass is 301 g/mol. The summed E-state index contributed by atoms with van der Waals surface area (Å²) in [5.74, 6) is -0.292. The molecule has 4 heterocycles. The topological polar surface area (TPSA) is 99.6 Å². The van der Waals surface area contributed by atoms with Crippen molar-refractivity contribution in [2.45, 2.75) is 13.3 Å². The predicted molar refractivity (Wildman–Crippen MR) is 76.5 cm³/mol. The summed E-state index contributed by atoms with van der Waals surface area (Å²) in [6.07, 6.45) is 1.91. The van der Waals surface area contributed by atoms with Gasteiger partial charge in [-0.3, -0.25) is 14.4 Å². The number of H-pyrrole nitrogens is 1. The first kappa shape index (κ1) is 13.1. The van der Waals surface area contributed by atoms with Crippen LogP contribution in [0.25, 0.3) is 5.65 Å². The van der Waals surface area contributed by atoms with Gasteiger partial charge in [0.1, 0.15) is 11.2 Å². The molecule has 4 rings (SSSR count). The Hall–Kier alpha value is -2.64. The number of carbonyl (C=O) groups is 2. The van der Waals surface area contributed by atoms with Crippen molar-refractivity contribution in [1.82, 2.24) is 24.8 Å². The van der Waals surface area contributed by atoms with Crippen molar-refractivity contribution < 1.29 is 9.59 Å². The SMILES string of the molecule is Cc1cc2[nH]c(=O)c(C(=O)N3CC4(CNC(=O)C4)C3)cn2n1. The van der Waals surface area contributed by atoms with E-state index in [1.807, 2.05) is 6.92 Å². The molecule has 0 unspecified atom stereocenters. The van der Waals surface area contributed by atoms with Crippen molar-refractivity contribution in [1.29, 1.82) is 0 Å². The molecule has 2 amide bonds. The van der Waals surface area contributed by atoms with E-state index in [0.717, 1.165) is 5.69 Å². The number of nitrogens with one attached hydrogen (secondary N) is 2. The van der Waals surface area contributed by atoms with Crippen molar-refractivity contribution in [2.24, 2.45) is 5.41 Å². The van der Waals surface area contributed by atoms with Gasteiger partial charge in [0.05, 0.1) is 5.69 Å². The van der Waals surface area contributed by atoms with Crippen LogP contribution < -0.4 is 10.9 Å². The lowest BCUT2D eigenvalue weighted by atomic mass is 9.78. The lowest BCUT2D eigenvalue weighted by Gasteiger charge is -2.46. The summed E-state index contributed by atoms with van der Waals surface area (Å²) < 4.78 is 1.50. The van der Waals surface area contributed by atoms with Gasteiger partial charge in [-0.2, -0.15) is 5.10 Å². The van der Waals surface area contributed by atoms with Crippen LogP contribution in [0.4, 0.5) is 0 Å². The highest BCUT2D eigenvalue weighted by molar-refractivity contribution is 5.94. The Labute approximate surface area is 125 Å². The first-order valence-electron chi connectivity index (χ1n) is 7.11. The standard InChI is InChI=1S/C14H15N5O3/c1-8-2-10-16-12(21)9(4-19(10)17-8)13(22)18-6-14(7-18)3-11(20)15-5-14/h2,4H,3,5-7H2,1H3,(H,15,20)(H,16,21). The average Bonchev–Trinajstić information content (AvgIpc) is 2.97. The van der Waals surface area contributed by atoms with Crippen molar-refractivity contribution in [3.8, 4) is 0 Å². The smallest absolute Gasteiger partial charge is 0.264 e. The molecule has 8 heteroatoms. The van der Waals surface area contributed by atoms with Crippen LogP contribution in [0, 0.1) is 12.3 Å². The Kier molecular flexibility index (Phi) is 2.48. The minimum Gasteiger partial charge on any atom is -0.355 e. The molecule has 22 heavy (non-hydrogen) atoms. The Morgan fingerprint density at radius 1 is 1.36 bits per heavy atom. The van der Waals surface area contributed by atoms with E-state index in [-0.39, 0.29) is 22.8 Å². The van der Waals surface area contributed by atoms with E-state index in [4.69, 9.17) is 0 Å². The molecule has 2 fully saturated rings. The molecule has 0 atom stereocenters. The van der Waals surface area contributed by atoms with Gasteiger partial charge < -0.3 is 15.2 Å². The fourth-order valence-electron chi connectivity index (χ4n) is 3.28. The number of carbonyl (C=O) groups excluding carboxylic acids is 2. The molecular formula is C14H15N5O3. The van der Waals surface area contributed by atoms with E-state index in [2.05, 4.69) is 15.4 Å². The number of fused-ring (bicyclic) bond motifs is 1. The van der Waals surface area contributed by atoms with Crippen molar-refractivity contribution in [3.63, 3.8) is 0 Å². The second-order valence-corrected chi connectivity index (χ2v) is 6.23. The van der Waals surface area contributed by atoms with Crippen LogP contribution in [0.2, 0.25) is 0 Å². The molecule has 2 aromatic rings. The maximum absolute atomic E-state index is 12.5. The molecule has 2 saturated heterocycles. The van der Waals surface area contributed by atoms with E-state index in [9.17, 15) is 14.4 Å². The second kappa shape index (κ2) is 4.19.